The number of aromatic nitrogens is 3. The lowest BCUT2D eigenvalue weighted by Crippen LogP contribution is -1.94. The fourth-order valence-electron chi connectivity index (χ4n) is 6.33. The van der Waals surface area contributed by atoms with Crippen LogP contribution in [0.1, 0.15) is 0 Å². The Balaban J connectivity index is 1.58. The fourth-order valence-corrected chi connectivity index (χ4v) is 7.31. The molecule has 0 saturated carbocycles. The maximum absolute atomic E-state index is 5.14. The number of fused-ring (bicyclic) bond motifs is 10. The Bertz CT molecular complexity index is 2360. The van der Waals surface area contributed by atoms with Crippen molar-refractivity contribution in [3.05, 3.63) is 127 Å². The second-order valence-electron chi connectivity index (χ2n) is 10.0. The Kier molecular flexibility index (Phi) is 4.21. The topological polar surface area (TPSA) is 22.8 Å². The zero-order valence-corrected chi connectivity index (χ0v) is 21.7. The van der Waals surface area contributed by atoms with Crippen LogP contribution in [0.25, 0.3) is 75.4 Å². The van der Waals surface area contributed by atoms with Gasteiger partial charge in [0, 0.05) is 27.2 Å². The van der Waals surface area contributed by atoms with Crippen molar-refractivity contribution in [2.24, 2.45) is 0 Å². The third kappa shape index (κ3) is 2.84. The van der Waals surface area contributed by atoms with E-state index >= 15 is 0 Å². The molecule has 0 N–H and O–H groups in total. The SMILES string of the molecule is c1ccc(-n2c3ccc4ccccc4c3c3c2ccc2c4ccccc4n(-c4nc5ccccc5s4)c23)cc1. The minimum atomic E-state index is 0.996. The van der Waals surface area contributed by atoms with Crippen molar-refractivity contribution in [2.75, 3.05) is 0 Å². The smallest absolute Gasteiger partial charge is 0.195 e. The third-order valence-electron chi connectivity index (χ3n) is 7.94. The van der Waals surface area contributed by atoms with E-state index in [1.165, 1.54) is 59.1 Å². The highest BCUT2D eigenvalue weighted by Crippen LogP contribution is 2.44. The molecule has 0 aliphatic rings. The molecule has 0 spiro atoms. The van der Waals surface area contributed by atoms with Gasteiger partial charge in [-0.3, -0.25) is 4.57 Å². The summed E-state index contributed by atoms with van der Waals surface area (Å²) in [6, 6.07) is 45.7. The van der Waals surface area contributed by atoms with Crippen molar-refractivity contribution in [2.45, 2.75) is 0 Å². The highest BCUT2D eigenvalue weighted by atomic mass is 32.1. The lowest BCUT2D eigenvalue weighted by Gasteiger charge is -2.08. The predicted molar refractivity (Wildman–Crippen MR) is 166 cm³/mol. The summed E-state index contributed by atoms with van der Waals surface area (Å²) in [7, 11) is 0. The molecular weight excluding hydrogens is 494 g/mol. The van der Waals surface area contributed by atoms with Gasteiger partial charge in [-0.15, -0.1) is 0 Å². The average molecular weight is 516 g/mol. The fraction of sp³-hybridized carbons (Fsp3) is 0. The molecule has 0 amide bonds. The molecule has 9 rings (SSSR count). The van der Waals surface area contributed by atoms with Gasteiger partial charge in [-0.25, -0.2) is 4.98 Å². The van der Waals surface area contributed by atoms with Gasteiger partial charge in [0.1, 0.15) is 0 Å². The largest absolute Gasteiger partial charge is 0.309 e. The van der Waals surface area contributed by atoms with Crippen molar-refractivity contribution in [3.8, 4) is 10.8 Å². The van der Waals surface area contributed by atoms with Crippen molar-refractivity contribution in [1.29, 1.82) is 0 Å². The Labute approximate surface area is 227 Å². The molecule has 3 aromatic heterocycles. The summed E-state index contributed by atoms with van der Waals surface area (Å²) in [5.74, 6) is 0. The molecule has 39 heavy (non-hydrogen) atoms. The summed E-state index contributed by atoms with van der Waals surface area (Å²) in [4.78, 5) is 5.14. The van der Waals surface area contributed by atoms with Gasteiger partial charge in [0.2, 0.25) is 0 Å². The van der Waals surface area contributed by atoms with Crippen molar-refractivity contribution < 1.29 is 0 Å². The maximum Gasteiger partial charge on any atom is 0.195 e. The number of hydrogen-bond donors (Lipinski definition) is 0. The van der Waals surface area contributed by atoms with Gasteiger partial charge in [0.05, 0.1) is 32.3 Å². The molecule has 182 valence electrons. The first-order chi connectivity index (χ1) is 19.4. The lowest BCUT2D eigenvalue weighted by atomic mass is 10.0. The molecule has 0 saturated heterocycles. The number of hydrogen-bond acceptors (Lipinski definition) is 2. The highest BCUT2D eigenvalue weighted by Gasteiger charge is 2.23. The summed E-state index contributed by atoms with van der Waals surface area (Å²) in [6.07, 6.45) is 0. The summed E-state index contributed by atoms with van der Waals surface area (Å²) in [6.45, 7) is 0. The molecule has 9 aromatic rings. The molecule has 3 nitrogen and oxygen atoms in total. The van der Waals surface area contributed by atoms with E-state index in [4.69, 9.17) is 4.98 Å². The molecule has 0 aliphatic heterocycles. The molecule has 0 atom stereocenters. The summed E-state index contributed by atoms with van der Waals surface area (Å²) >= 11 is 1.75. The Morgan fingerprint density at radius 2 is 1.21 bits per heavy atom. The van der Waals surface area contributed by atoms with Crippen LogP contribution in [0.5, 0.6) is 0 Å². The van der Waals surface area contributed by atoms with E-state index < -0.39 is 0 Å². The van der Waals surface area contributed by atoms with Crippen molar-refractivity contribution in [1.82, 2.24) is 14.1 Å². The van der Waals surface area contributed by atoms with Gasteiger partial charge in [0.25, 0.3) is 0 Å². The monoisotopic (exact) mass is 515 g/mol. The first kappa shape index (κ1) is 21.1. The highest BCUT2D eigenvalue weighted by molar-refractivity contribution is 7.20. The Morgan fingerprint density at radius 3 is 2.10 bits per heavy atom. The Hall–Kier alpha value is -4.93. The first-order valence-electron chi connectivity index (χ1n) is 13.2. The summed E-state index contributed by atoms with van der Waals surface area (Å²) in [5.41, 5.74) is 7.00. The van der Waals surface area contributed by atoms with Crippen molar-refractivity contribution >= 4 is 75.9 Å². The summed E-state index contributed by atoms with van der Waals surface area (Å²) < 4.78 is 6.01. The van der Waals surface area contributed by atoms with Crippen LogP contribution in [0.15, 0.2) is 127 Å². The third-order valence-corrected chi connectivity index (χ3v) is 8.96. The van der Waals surface area contributed by atoms with Crippen LogP contribution >= 0.6 is 11.3 Å². The standard InChI is InChI=1S/C35H21N3S/c1-2-11-23(12-3-1)37-29-20-18-22-10-4-5-13-24(22)32(29)33-30(37)21-19-26-25-14-6-8-16-28(25)38(34(26)33)35-36-27-15-7-9-17-31(27)39-35/h1-21H. The molecule has 6 aromatic carbocycles. The second-order valence-corrected chi connectivity index (χ2v) is 11.0. The second kappa shape index (κ2) is 7.79. The van der Waals surface area contributed by atoms with Crippen LogP contribution in [-0.2, 0) is 0 Å². The minimum Gasteiger partial charge on any atom is -0.309 e. The number of rotatable bonds is 2. The van der Waals surface area contributed by atoms with E-state index in [2.05, 4.69) is 137 Å². The van der Waals surface area contributed by atoms with Gasteiger partial charge in [0.15, 0.2) is 5.13 Å². The van der Waals surface area contributed by atoms with Gasteiger partial charge >= 0.3 is 0 Å². The van der Waals surface area contributed by atoms with Crippen LogP contribution in [0.3, 0.4) is 0 Å². The van der Waals surface area contributed by atoms with Gasteiger partial charge in [-0.1, -0.05) is 96.3 Å². The molecular formula is C35H21N3S. The minimum absolute atomic E-state index is 0.996. The molecule has 0 fully saturated rings. The van der Waals surface area contributed by atoms with E-state index in [0.29, 0.717) is 0 Å². The molecule has 4 heteroatoms. The van der Waals surface area contributed by atoms with Crippen LogP contribution in [0.2, 0.25) is 0 Å². The summed E-state index contributed by atoms with van der Waals surface area (Å²) in [5, 5.41) is 8.55. The van der Waals surface area contributed by atoms with Gasteiger partial charge < -0.3 is 4.57 Å². The number of nitrogens with zero attached hydrogens (tertiary/aromatic N) is 3. The van der Waals surface area contributed by atoms with E-state index in [0.717, 1.165) is 16.3 Å². The lowest BCUT2D eigenvalue weighted by molar-refractivity contribution is 1.15. The van der Waals surface area contributed by atoms with Crippen molar-refractivity contribution in [3.63, 3.8) is 0 Å². The zero-order valence-electron chi connectivity index (χ0n) is 20.9. The molecule has 0 aliphatic carbocycles. The maximum atomic E-state index is 5.14. The molecule has 3 heterocycles. The van der Waals surface area contributed by atoms with E-state index in [1.54, 1.807) is 11.3 Å². The number of para-hydroxylation sites is 3. The molecule has 0 unspecified atom stereocenters. The predicted octanol–water partition coefficient (Wildman–Crippen LogP) is 9.64. The average Bonchev–Trinajstić information content (AvgIpc) is 3.67. The van der Waals surface area contributed by atoms with Gasteiger partial charge in [-0.2, -0.15) is 0 Å². The normalized spacial score (nSPS) is 12.1. The van der Waals surface area contributed by atoms with Crippen LogP contribution in [0, 0.1) is 0 Å². The zero-order chi connectivity index (χ0) is 25.5. The van der Waals surface area contributed by atoms with Crippen LogP contribution in [-0.4, -0.2) is 14.1 Å². The first-order valence-corrected chi connectivity index (χ1v) is 14.0. The van der Waals surface area contributed by atoms with E-state index in [1.807, 2.05) is 0 Å². The van der Waals surface area contributed by atoms with Crippen LogP contribution < -0.4 is 0 Å². The van der Waals surface area contributed by atoms with E-state index in [9.17, 15) is 0 Å². The number of benzene rings is 6. The molecule has 0 bridgehead atoms. The van der Waals surface area contributed by atoms with Crippen LogP contribution in [0.4, 0.5) is 0 Å². The quantitative estimate of drug-likeness (QED) is 0.225. The van der Waals surface area contributed by atoms with Gasteiger partial charge in [-0.05, 0) is 53.2 Å². The Morgan fingerprint density at radius 1 is 0.487 bits per heavy atom. The number of thiazole rings is 1. The van der Waals surface area contributed by atoms with E-state index in [-0.39, 0.29) is 0 Å². The molecule has 0 radical (unpaired) electrons.